The number of rotatable bonds is 5. The minimum atomic E-state index is 0.804. The van der Waals surface area contributed by atoms with Gasteiger partial charge in [-0.05, 0) is 50.1 Å². The molecule has 0 saturated heterocycles. The molecule has 2 rings (SSSR count). The van der Waals surface area contributed by atoms with Gasteiger partial charge in [0.2, 0.25) is 0 Å². The fourth-order valence-corrected chi connectivity index (χ4v) is 2.57. The molecule has 100 valence electrons. The van der Waals surface area contributed by atoms with Crippen molar-refractivity contribution in [3.63, 3.8) is 0 Å². The average Bonchev–Trinajstić information content (AvgIpc) is 2.41. The highest BCUT2D eigenvalue weighted by Gasteiger charge is 2.05. The van der Waals surface area contributed by atoms with E-state index >= 15 is 0 Å². The summed E-state index contributed by atoms with van der Waals surface area (Å²) in [7, 11) is 1.94. The van der Waals surface area contributed by atoms with Crippen LogP contribution >= 0.6 is 11.8 Å². The molecular formula is C16H19NOS. The van der Waals surface area contributed by atoms with Crippen LogP contribution in [0.15, 0.2) is 47.4 Å². The van der Waals surface area contributed by atoms with Crippen molar-refractivity contribution in [3.8, 4) is 11.5 Å². The van der Waals surface area contributed by atoms with Crippen molar-refractivity contribution in [2.24, 2.45) is 0 Å². The summed E-state index contributed by atoms with van der Waals surface area (Å²) in [5, 5.41) is 3.16. The molecule has 0 fully saturated rings. The summed E-state index contributed by atoms with van der Waals surface area (Å²) in [5.74, 6) is 1.80. The van der Waals surface area contributed by atoms with Crippen LogP contribution in [-0.4, -0.2) is 13.3 Å². The van der Waals surface area contributed by atoms with Crippen LogP contribution in [0.3, 0.4) is 0 Å². The molecule has 19 heavy (non-hydrogen) atoms. The molecule has 0 heterocycles. The van der Waals surface area contributed by atoms with Crippen LogP contribution in [0.5, 0.6) is 11.5 Å². The third-order valence-electron chi connectivity index (χ3n) is 2.93. The Balaban J connectivity index is 2.23. The second-order valence-corrected chi connectivity index (χ2v) is 5.22. The van der Waals surface area contributed by atoms with Gasteiger partial charge in [0.1, 0.15) is 11.5 Å². The van der Waals surface area contributed by atoms with Crippen molar-refractivity contribution in [1.82, 2.24) is 5.32 Å². The normalized spacial score (nSPS) is 10.5. The average molecular weight is 273 g/mol. The lowest BCUT2D eigenvalue weighted by molar-refractivity contribution is 0.473. The molecule has 0 unspecified atom stereocenters. The third kappa shape index (κ3) is 3.52. The van der Waals surface area contributed by atoms with E-state index in [2.05, 4.69) is 36.7 Å². The van der Waals surface area contributed by atoms with Gasteiger partial charge in [-0.15, -0.1) is 11.8 Å². The monoisotopic (exact) mass is 273 g/mol. The first-order valence-electron chi connectivity index (χ1n) is 6.29. The molecule has 3 heteroatoms. The minimum absolute atomic E-state index is 0.804. The fraction of sp³-hybridized carbons (Fsp3) is 0.250. The Hall–Kier alpha value is -1.45. The number of ether oxygens (including phenoxy) is 1. The zero-order chi connectivity index (χ0) is 13.7. The van der Waals surface area contributed by atoms with E-state index in [4.69, 9.17) is 4.74 Å². The summed E-state index contributed by atoms with van der Waals surface area (Å²) in [6, 6.07) is 14.3. The van der Waals surface area contributed by atoms with Crippen LogP contribution in [-0.2, 0) is 6.54 Å². The Bertz CT molecular complexity index is 554. The second-order valence-electron chi connectivity index (χ2n) is 4.37. The van der Waals surface area contributed by atoms with Gasteiger partial charge in [0, 0.05) is 17.0 Å². The Kier molecular flexibility index (Phi) is 4.88. The number of thioether (sulfide) groups is 1. The largest absolute Gasteiger partial charge is 0.457 e. The van der Waals surface area contributed by atoms with E-state index in [9.17, 15) is 0 Å². The summed E-state index contributed by atoms with van der Waals surface area (Å²) >= 11 is 1.76. The summed E-state index contributed by atoms with van der Waals surface area (Å²) < 4.78 is 5.99. The molecule has 2 nitrogen and oxygen atoms in total. The first-order chi connectivity index (χ1) is 9.24. The topological polar surface area (TPSA) is 21.3 Å². The third-order valence-corrected chi connectivity index (χ3v) is 3.83. The van der Waals surface area contributed by atoms with Crippen LogP contribution < -0.4 is 10.1 Å². The minimum Gasteiger partial charge on any atom is -0.457 e. The van der Waals surface area contributed by atoms with E-state index in [0.717, 1.165) is 23.6 Å². The molecule has 0 aromatic heterocycles. The number of benzene rings is 2. The van der Waals surface area contributed by atoms with Gasteiger partial charge in [-0.25, -0.2) is 0 Å². The van der Waals surface area contributed by atoms with E-state index in [1.165, 1.54) is 10.5 Å². The predicted octanol–water partition coefficient (Wildman–Crippen LogP) is 4.23. The van der Waals surface area contributed by atoms with Crippen molar-refractivity contribution in [2.45, 2.75) is 18.4 Å². The van der Waals surface area contributed by atoms with E-state index in [1.807, 2.05) is 31.3 Å². The summed E-state index contributed by atoms with van der Waals surface area (Å²) in [6.45, 7) is 2.91. The molecule has 0 spiro atoms. The zero-order valence-electron chi connectivity index (χ0n) is 11.6. The second kappa shape index (κ2) is 6.64. The van der Waals surface area contributed by atoms with Crippen LogP contribution in [0, 0.1) is 6.92 Å². The molecule has 1 N–H and O–H groups in total. The van der Waals surface area contributed by atoms with E-state index in [1.54, 1.807) is 11.8 Å². The van der Waals surface area contributed by atoms with Crippen LogP contribution in [0.1, 0.15) is 11.1 Å². The van der Waals surface area contributed by atoms with Gasteiger partial charge in [-0.2, -0.15) is 0 Å². The van der Waals surface area contributed by atoms with Gasteiger partial charge in [0.15, 0.2) is 0 Å². The van der Waals surface area contributed by atoms with Crippen LogP contribution in [0.2, 0.25) is 0 Å². The number of hydrogen-bond acceptors (Lipinski definition) is 3. The zero-order valence-corrected chi connectivity index (χ0v) is 12.4. The standard InChI is InChI=1S/C16H19NOS/c1-12-10-14(8-9-16(12)19-3)18-15-7-5-4-6-13(15)11-17-2/h4-10,17H,11H2,1-3H3. The maximum atomic E-state index is 5.99. The van der Waals surface area contributed by atoms with E-state index in [0.29, 0.717) is 0 Å². The van der Waals surface area contributed by atoms with Crippen molar-refractivity contribution in [1.29, 1.82) is 0 Å². The lowest BCUT2D eigenvalue weighted by Gasteiger charge is -2.12. The molecule has 0 radical (unpaired) electrons. The Morgan fingerprint density at radius 1 is 1.16 bits per heavy atom. The van der Waals surface area contributed by atoms with Gasteiger partial charge in [0.25, 0.3) is 0 Å². The van der Waals surface area contributed by atoms with Gasteiger partial charge in [-0.3, -0.25) is 0 Å². The van der Waals surface area contributed by atoms with E-state index < -0.39 is 0 Å². The lowest BCUT2D eigenvalue weighted by atomic mass is 10.2. The highest BCUT2D eigenvalue weighted by Crippen LogP contribution is 2.29. The number of aryl methyl sites for hydroxylation is 1. The first-order valence-corrected chi connectivity index (χ1v) is 7.52. The summed E-state index contributed by atoms with van der Waals surface area (Å²) in [4.78, 5) is 1.29. The van der Waals surface area contributed by atoms with Crippen molar-refractivity contribution in [3.05, 3.63) is 53.6 Å². The summed E-state index contributed by atoms with van der Waals surface area (Å²) in [5.41, 5.74) is 2.41. The van der Waals surface area contributed by atoms with Crippen molar-refractivity contribution < 1.29 is 4.74 Å². The molecule has 0 amide bonds. The number of hydrogen-bond donors (Lipinski definition) is 1. The number of para-hydroxylation sites is 1. The SMILES string of the molecule is CNCc1ccccc1Oc1ccc(SC)c(C)c1. The highest BCUT2D eigenvalue weighted by molar-refractivity contribution is 7.98. The molecule has 0 aliphatic rings. The van der Waals surface area contributed by atoms with Crippen molar-refractivity contribution in [2.75, 3.05) is 13.3 Å². The molecule has 0 saturated carbocycles. The molecule has 2 aromatic carbocycles. The Morgan fingerprint density at radius 3 is 2.63 bits per heavy atom. The Morgan fingerprint density at radius 2 is 1.95 bits per heavy atom. The molecular weight excluding hydrogens is 254 g/mol. The van der Waals surface area contributed by atoms with E-state index in [-0.39, 0.29) is 0 Å². The van der Waals surface area contributed by atoms with Gasteiger partial charge in [0.05, 0.1) is 0 Å². The van der Waals surface area contributed by atoms with Gasteiger partial charge >= 0.3 is 0 Å². The predicted molar refractivity (Wildman–Crippen MR) is 82.2 cm³/mol. The fourth-order valence-electron chi connectivity index (χ4n) is 1.98. The van der Waals surface area contributed by atoms with Gasteiger partial charge < -0.3 is 10.1 Å². The number of nitrogens with one attached hydrogen (secondary N) is 1. The van der Waals surface area contributed by atoms with Gasteiger partial charge in [-0.1, -0.05) is 18.2 Å². The molecule has 0 aliphatic carbocycles. The van der Waals surface area contributed by atoms with Crippen LogP contribution in [0.25, 0.3) is 0 Å². The van der Waals surface area contributed by atoms with Crippen molar-refractivity contribution >= 4 is 11.8 Å². The first kappa shape index (κ1) is 14.0. The molecule has 2 aromatic rings. The lowest BCUT2D eigenvalue weighted by Crippen LogP contribution is -2.06. The highest BCUT2D eigenvalue weighted by atomic mass is 32.2. The molecule has 0 atom stereocenters. The van der Waals surface area contributed by atoms with Crippen LogP contribution in [0.4, 0.5) is 0 Å². The molecule has 0 aliphatic heterocycles. The Labute approximate surface area is 119 Å². The summed E-state index contributed by atoms with van der Waals surface area (Å²) in [6.07, 6.45) is 2.09. The maximum Gasteiger partial charge on any atom is 0.131 e. The smallest absolute Gasteiger partial charge is 0.131 e. The maximum absolute atomic E-state index is 5.99. The molecule has 0 bridgehead atoms. The quantitative estimate of drug-likeness (QED) is 0.824.